The van der Waals surface area contributed by atoms with Crippen LogP contribution in [0.4, 0.5) is 5.82 Å². The fourth-order valence-corrected chi connectivity index (χ4v) is 4.95. The van der Waals surface area contributed by atoms with Gasteiger partial charge < -0.3 is 30.2 Å². The number of aromatic nitrogens is 6. The average Bonchev–Trinajstić information content (AvgIpc) is 3.68. The second kappa shape index (κ2) is 9.42. The predicted octanol–water partition coefficient (Wildman–Crippen LogP) is 2.05. The summed E-state index contributed by atoms with van der Waals surface area (Å²) in [6.07, 6.45) is 11.3. The number of amides is 1. The number of aromatic amines is 2. The molecular formula is C25H27N9O2. The first-order valence-corrected chi connectivity index (χ1v) is 12.1. The molecule has 4 aromatic rings. The standard InChI is InChI=1S/C25H27N9O2/c26-20(9-17-10-27-13-28-17)25(35)33-8-6-16-3-1-5-21(19(16)11-33)36-12-18-4-2-7-34(18)24-22-23(30-14-29-22)31-15-32-24/h1,3,5,10,12-15,20H,2,4,6-9,11,26H2,(H,27,28)(H,29,30,31,32)/b18-12+/t20-/m0/s1. The number of anilines is 1. The Morgan fingerprint density at radius 2 is 2.11 bits per heavy atom. The van der Waals surface area contributed by atoms with Crippen LogP contribution in [0.15, 0.2) is 55.3 Å². The molecular weight excluding hydrogens is 458 g/mol. The highest BCUT2D eigenvalue weighted by molar-refractivity contribution is 5.84. The lowest BCUT2D eigenvalue weighted by Crippen LogP contribution is -2.46. The van der Waals surface area contributed by atoms with Gasteiger partial charge in [0, 0.05) is 43.5 Å². The zero-order chi connectivity index (χ0) is 24.5. The number of nitrogens with one attached hydrogen (secondary N) is 2. The third-order valence-electron chi connectivity index (χ3n) is 6.80. The van der Waals surface area contributed by atoms with Gasteiger partial charge >= 0.3 is 0 Å². The monoisotopic (exact) mass is 485 g/mol. The number of benzene rings is 1. The number of imidazole rings is 2. The predicted molar refractivity (Wildman–Crippen MR) is 133 cm³/mol. The Balaban J connectivity index is 1.20. The fraction of sp³-hybridized carbons (Fsp3) is 0.320. The summed E-state index contributed by atoms with van der Waals surface area (Å²) >= 11 is 0. The third-order valence-corrected chi connectivity index (χ3v) is 6.80. The van der Waals surface area contributed by atoms with Gasteiger partial charge in [0.15, 0.2) is 11.5 Å². The van der Waals surface area contributed by atoms with Crippen molar-refractivity contribution in [2.24, 2.45) is 5.73 Å². The number of allylic oxidation sites excluding steroid dienone is 1. The minimum Gasteiger partial charge on any atom is -0.463 e. The van der Waals surface area contributed by atoms with Crippen LogP contribution in [0.3, 0.4) is 0 Å². The number of hydrogen-bond donors (Lipinski definition) is 3. The Bertz CT molecular complexity index is 1410. The largest absolute Gasteiger partial charge is 0.463 e. The van der Waals surface area contributed by atoms with E-state index in [4.69, 9.17) is 10.5 Å². The highest BCUT2D eigenvalue weighted by Gasteiger charge is 2.28. The molecule has 6 rings (SSSR count). The number of rotatable bonds is 6. The van der Waals surface area contributed by atoms with Crippen LogP contribution in [0.5, 0.6) is 5.75 Å². The molecule has 3 aromatic heterocycles. The van der Waals surface area contributed by atoms with E-state index in [2.05, 4.69) is 40.9 Å². The van der Waals surface area contributed by atoms with Crippen molar-refractivity contribution < 1.29 is 9.53 Å². The molecule has 0 unspecified atom stereocenters. The van der Waals surface area contributed by atoms with Crippen molar-refractivity contribution in [2.75, 3.05) is 18.0 Å². The quantitative estimate of drug-likeness (QED) is 0.352. The van der Waals surface area contributed by atoms with Crippen molar-refractivity contribution in [1.29, 1.82) is 0 Å². The maximum Gasteiger partial charge on any atom is 0.240 e. The van der Waals surface area contributed by atoms with Crippen LogP contribution in [0.25, 0.3) is 11.2 Å². The van der Waals surface area contributed by atoms with Gasteiger partial charge in [0.05, 0.1) is 24.4 Å². The number of nitrogens with zero attached hydrogens (tertiary/aromatic N) is 6. The molecule has 0 aliphatic carbocycles. The Morgan fingerprint density at radius 1 is 1.17 bits per heavy atom. The molecule has 5 heterocycles. The average molecular weight is 486 g/mol. The molecule has 2 aliphatic rings. The summed E-state index contributed by atoms with van der Waals surface area (Å²) in [5.74, 6) is 1.47. The molecule has 1 aromatic carbocycles. The van der Waals surface area contributed by atoms with Crippen molar-refractivity contribution in [3.8, 4) is 5.75 Å². The Labute approximate surface area is 207 Å². The van der Waals surface area contributed by atoms with Crippen LogP contribution in [0, 0.1) is 0 Å². The molecule has 0 radical (unpaired) electrons. The molecule has 2 aliphatic heterocycles. The lowest BCUT2D eigenvalue weighted by atomic mass is 9.98. The van der Waals surface area contributed by atoms with Crippen LogP contribution in [-0.4, -0.2) is 59.8 Å². The van der Waals surface area contributed by atoms with Crippen LogP contribution >= 0.6 is 0 Å². The Kier molecular flexibility index (Phi) is 5.82. The van der Waals surface area contributed by atoms with Gasteiger partial charge in [0.25, 0.3) is 0 Å². The maximum atomic E-state index is 13.1. The van der Waals surface area contributed by atoms with Crippen LogP contribution in [0.1, 0.15) is 29.7 Å². The van der Waals surface area contributed by atoms with Gasteiger partial charge in [0.2, 0.25) is 5.91 Å². The van der Waals surface area contributed by atoms with Crippen molar-refractivity contribution in [3.63, 3.8) is 0 Å². The van der Waals surface area contributed by atoms with E-state index in [0.29, 0.717) is 25.2 Å². The zero-order valence-corrected chi connectivity index (χ0v) is 19.7. The summed E-state index contributed by atoms with van der Waals surface area (Å²) in [5.41, 5.74) is 11.8. The minimum absolute atomic E-state index is 0.0716. The normalized spacial score (nSPS) is 17.5. The molecule has 0 saturated carbocycles. The molecule has 0 spiro atoms. The Hall–Kier alpha value is -4.25. The van der Waals surface area contributed by atoms with E-state index in [1.54, 1.807) is 25.1 Å². The van der Waals surface area contributed by atoms with E-state index in [-0.39, 0.29) is 5.91 Å². The lowest BCUT2D eigenvalue weighted by molar-refractivity contribution is -0.133. The third kappa shape index (κ3) is 4.17. The fourth-order valence-electron chi connectivity index (χ4n) is 4.95. The summed E-state index contributed by atoms with van der Waals surface area (Å²) in [6, 6.07) is 5.42. The summed E-state index contributed by atoms with van der Waals surface area (Å²) in [7, 11) is 0. The summed E-state index contributed by atoms with van der Waals surface area (Å²) in [6.45, 7) is 1.94. The molecule has 11 heteroatoms. The molecule has 1 saturated heterocycles. The van der Waals surface area contributed by atoms with Crippen LogP contribution in [0.2, 0.25) is 0 Å². The molecule has 1 fully saturated rings. The first-order valence-electron chi connectivity index (χ1n) is 12.1. The molecule has 36 heavy (non-hydrogen) atoms. The van der Waals surface area contributed by atoms with Crippen LogP contribution < -0.4 is 15.4 Å². The topological polar surface area (TPSA) is 142 Å². The molecule has 1 amide bonds. The second-order valence-corrected chi connectivity index (χ2v) is 9.07. The highest BCUT2D eigenvalue weighted by atomic mass is 16.5. The number of hydrogen-bond acceptors (Lipinski definition) is 8. The first kappa shape index (κ1) is 22.2. The van der Waals surface area contributed by atoms with Crippen molar-refractivity contribution >= 4 is 22.9 Å². The molecule has 4 N–H and O–H groups in total. The first-order chi connectivity index (χ1) is 17.7. The zero-order valence-electron chi connectivity index (χ0n) is 19.7. The minimum atomic E-state index is -0.624. The summed E-state index contributed by atoms with van der Waals surface area (Å²) in [4.78, 5) is 40.2. The van der Waals surface area contributed by atoms with Gasteiger partial charge in [-0.25, -0.2) is 19.9 Å². The van der Waals surface area contributed by atoms with Crippen molar-refractivity contribution in [3.05, 3.63) is 72.2 Å². The SMILES string of the molecule is N[C@@H](Cc1cnc[nH]1)C(=O)N1CCc2cccc(O/C=C3\CCCN3c3ncnc4nc[nH]c34)c2C1. The van der Waals surface area contributed by atoms with Crippen LogP contribution in [-0.2, 0) is 24.2 Å². The molecule has 184 valence electrons. The van der Waals surface area contributed by atoms with E-state index in [1.807, 2.05) is 17.0 Å². The van der Waals surface area contributed by atoms with Crippen molar-refractivity contribution in [2.45, 2.75) is 38.3 Å². The van der Waals surface area contributed by atoms with E-state index in [9.17, 15) is 4.79 Å². The highest BCUT2D eigenvalue weighted by Crippen LogP contribution is 2.32. The number of ether oxygens (including phenoxy) is 1. The number of fused-ring (bicyclic) bond motifs is 2. The molecule has 1 atom stereocenters. The number of nitrogens with two attached hydrogens (primary N) is 1. The maximum absolute atomic E-state index is 13.1. The van der Waals surface area contributed by atoms with Gasteiger partial charge in [-0.2, -0.15) is 0 Å². The van der Waals surface area contributed by atoms with E-state index in [1.165, 1.54) is 11.9 Å². The van der Waals surface area contributed by atoms with E-state index in [0.717, 1.165) is 59.8 Å². The lowest BCUT2D eigenvalue weighted by Gasteiger charge is -2.31. The van der Waals surface area contributed by atoms with Gasteiger partial charge in [-0.05, 0) is 30.9 Å². The van der Waals surface area contributed by atoms with E-state index >= 15 is 0 Å². The second-order valence-electron chi connectivity index (χ2n) is 9.07. The number of carbonyl (C=O) groups is 1. The molecule has 0 bridgehead atoms. The summed E-state index contributed by atoms with van der Waals surface area (Å²) < 4.78 is 6.25. The van der Waals surface area contributed by atoms with Gasteiger partial charge in [-0.15, -0.1) is 0 Å². The number of H-pyrrole nitrogens is 2. The smallest absolute Gasteiger partial charge is 0.240 e. The van der Waals surface area contributed by atoms with Gasteiger partial charge in [-0.1, -0.05) is 12.1 Å². The van der Waals surface area contributed by atoms with Gasteiger partial charge in [0.1, 0.15) is 23.9 Å². The van der Waals surface area contributed by atoms with E-state index < -0.39 is 6.04 Å². The molecule has 11 nitrogen and oxygen atoms in total. The summed E-state index contributed by atoms with van der Waals surface area (Å²) in [5, 5.41) is 0. The van der Waals surface area contributed by atoms with Crippen molar-refractivity contribution in [1.82, 2.24) is 34.8 Å². The number of carbonyl (C=O) groups excluding carboxylic acids is 1. The van der Waals surface area contributed by atoms with Gasteiger partial charge in [-0.3, -0.25) is 4.79 Å². The Morgan fingerprint density at radius 3 is 3.00 bits per heavy atom.